The molecule has 0 spiro atoms. The van der Waals surface area contributed by atoms with Crippen molar-refractivity contribution in [2.75, 3.05) is 0 Å². The van der Waals surface area contributed by atoms with E-state index in [9.17, 15) is 5.11 Å². The number of benzene rings is 2. The van der Waals surface area contributed by atoms with Crippen LogP contribution in [0.3, 0.4) is 0 Å². The maximum absolute atomic E-state index is 9.46. The first-order valence-electron chi connectivity index (χ1n) is 6.97. The lowest BCUT2D eigenvalue weighted by Gasteiger charge is -2.08. The van der Waals surface area contributed by atoms with Crippen molar-refractivity contribution >= 4 is 0 Å². The summed E-state index contributed by atoms with van der Waals surface area (Å²) in [6.45, 7) is 0.576. The van der Waals surface area contributed by atoms with Crippen LogP contribution in [0.4, 0.5) is 0 Å². The van der Waals surface area contributed by atoms with Crippen molar-refractivity contribution < 1.29 is 5.11 Å². The molecule has 0 saturated carbocycles. The number of hydrogen-bond acceptors (Lipinski definition) is 3. The molecule has 0 unspecified atom stereocenters. The van der Waals surface area contributed by atoms with Gasteiger partial charge in [-0.15, -0.1) is 5.10 Å². The minimum atomic E-state index is -0.0864. The molecule has 106 valence electrons. The summed E-state index contributed by atoms with van der Waals surface area (Å²) in [7, 11) is 0. The van der Waals surface area contributed by atoms with Crippen LogP contribution in [0.2, 0.25) is 0 Å². The van der Waals surface area contributed by atoms with Crippen molar-refractivity contribution in [3.63, 3.8) is 0 Å². The maximum Gasteiger partial charge on any atom is 0.112 e. The molecule has 1 aromatic heterocycles. The van der Waals surface area contributed by atoms with Gasteiger partial charge in [-0.1, -0.05) is 65.9 Å². The first kappa shape index (κ1) is 13.5. The van der Waals surface area contributed by atoms with Crippen LogP contribution in [0.1, 0.15) is 22.5 Å². The van der Waals surface area contributed by atoms with Crippen molar-refractivity contribution in [2.24, 2.45) is 0 Å². The third-order valence-corrected chi connectivity index (χ3v) is 3.46. The van der Waals surface area contributed by atoms with E-state index >= 15 is 0 Å². The Balaban J connectivity index is 1.89. The maximum atomic E-state index is 9.46. The van der Waals surface area contributed by atoms with Crippen LogP contribution in [-0.4, -0.2) is 20.1 Å². The average molecular weight is 279 g/mol. The molecule has 0 aliphatic carbocycles. The van der Waals surface area contributed by atoms with Gasteiger partial charge in [0.05, 0.1) is 18.8 Å². The fourth-order valence-electron chi connectivity index (χ4n) is 2.36. The van der Waals surface area contributed by atoms with Gasteiger partial charge in [-0.2, -0.15) is 0 Å². The molecule has 0 radical (unpaired) electrons. The second kappa shape index (κ2) is 6.33. The molecule has 2 aromatic carbocycles. The van der Waals surface area contributed by atoms with Gasteiger partial charge in [-0.25, -0.2) is 4.68 Å². The van der Waals surface area contributed by atoms with Crippen LogP contribution in [0.5, 0.6) is 0 Å². The minimum Gasteiger partial charge on any atom is -0.390 e. The van der Waals surface area contributed by atoms with Crippen molar-refractivity contribution in [2.45, 2.75) is 19.6 Å². The van der Waals surface area contributed by atoms with Gasteiger partial charge in [0, 0.05) is 6.42 Å². The lowest BCUT2D eigenvalue weighted by Crippen LogP contribution is -2.08. The number of aromatic nitrogens is 3. The van der Waals surface area contributed by atoms with Gasteiger partial charge < -0.3 is 5.11 Å². The standard InChI is InChI=1S/C17H17N3O/c21-13-16-17(11-14-7-3-1-4-8-14)20(19-18-16)12-15-9-5-2-6-10-15/h1-10,21H,11-13H2. The fourth-order valence-corrected chi connectivity index (χ4v) is 2.36. The van der Waals surface area contributed by atoms with E-state index in [0.717, 1.165) is 12.1 Å². The first-order valence-corrected chi connectivity index (χ1v) is 6.97. The molecule has 0 atom stereocenters. The van der Waals surface area contributed by atoms with E-state index in [0.29, 0.717) is 12.2 Å². The number of hydrogen-bond donors (Lipinski definition) is 1. The predicted octanol–water partition coefficient (Wildman–Crippen LogP) is 2.41. The number of nitrogens with zero attached hydrogens (tertiary/aromatic N) is 3. The zero-order chi connectivity index (χ0) is 14.5. The summed E-state index contributed by atoms with van der Waals surface area (Å²) >= 11 is 0. The molecule has 0 aliphatic heterocycles. The van der Waals surface area contributed by atoms with Crippen LogP contribution in [0.15, 0.2) is 60.7 Å². The van der Waals surface area contributed by atoms with Crippen LogP contribution in [0.25, 0.3) is 0 Å². The second-order valence-electron chi connectivity index (χ2n) is 4.95. The van der Waals surface area contributed by atoms with Crippen molar-refractivity contribution in [3.05, 3.63) is 83.2 Å². The summed E-state index contributed by atoms with van der Waals surface area (Å²) in [4.78, 5) is 0. The Bertz CT molecular complexity index is 693. The largest absolute Gasteiger partial charge is 0.390 e. The molecule has 0 fully saturated rings. The van der Waals surface area contributed by atoms with E-state index in [-0.39, 0.29) is 6.61 Å². The van der Waals surface area contributed by atoms with Gasteiger partial charge in [-0.05, 0) is 11.1 Å². The van der Waals surface area contributed by atoms with Crippen molar-refractivity contribution in [3.8, 4) is 0 Å². The number of rotatable bonds is 5. The van der Waals surface area contributed by atoms with Crippen LogP contribution in [-0.2, 0) is 19.6 Å². The van der Waals surface area contributed by atoms with Crippen molar-refractivity contribution in [1.82, 2.24) is 15.0 Å². The monoisotopic (exact) mass is 279 g/mol. The van der Waals surface area contributed by atoms with E-state index < -0.39 is 0 Å². The Labute approximate surface area is 123 Å². The fraction of sp³-hybridized carbons (Fsp3) is 0.176. The Kier molecular flexibility index (Phi) is 4.07. The van der Waals surface area contributed by atoms with Gasteiger partial charge in [0.1, 0.15) is 5.69 Å². The zero-order valence-electron chi connectivity index (χ0n) is 11.7. The van der Waals surface area contributed by atoms with E-state index in [1.807, 2.05) is 41.1 Å². The van der Waals surface area contributed by atoms with E-state index in [1.54, 1.807) is 0 Å². The molecule has 3 rings (SSSR count). The summed E-state index contributed by atoms with van der Waals surface area (Å²) in [5.74, 6) is 0. The molecule has 0 bridgehead atoms. The number of aliphatic hydroxyl groups excluding tert-OH is 1. The number of aliphatic hydroxyl groups is 1. The highest BCUT2D eigenvalue weighted by molar-refractivity contribution is 5.25. The van der Waals surface area contributed by atoms with Crippen molar-refractivity contribution in [1.29, 1.82) is 0 Å². The molecular weight excluding hydrogens is 262 g/mol. The summed E-state index contributed by atoms with van der Waals surface area (Å²) in [5, 5.41) is 17.7. The summed E-state index contributed by atoms with van der Waals surface area (Å²) in [6, 6.07) is 20.3. The quantitative estimate of drug-likeness (QED) is 0.780. The van der Waals surface area contributed by atoms with E-state index in [2.05, 4.69) is 34.6 Å². The SMILES string of the molecule is OCc1nnn(Cc2ccccc2)c1Cc1ccccc1. The third-order valence-electron chi connectivity index (χ3n) is 3.46. The predicted molar refractivity (Wildman–Crippen MR) is 80.7 cm³/mol. The minimum absolute atomic E-state index is 0.0864. The molecule has 0 aliphatic rings. The topological polar surface area (TPSA) is 50.9 Å². The highest BCUT2D eigenvalue weighted by Crippen LogP contribution is 2.14. The van der Waals surface area contributed by atoms with Gasteiger partial charge in [-0.3, -0.25) is 0 Å². The van der Waals surface area contributed by atoms with E-state index in [4.69, 9.17) is 0 Å². The molecule has 21 heavy (non-hydrogen) atoms. The summed E-state index contributed by atoms with van der Waals surface area (Å²) in [6.07, 6.45) is 0.719. The first-order chi connectivity index (χ1) is 10.4. The van der Waals surface area contributed by atoms with Gasteiger partial charge in [0.2, 0.25) is 0 Å². The molecule has 4 heteroatoms. The average Bonchev–Trinajstić information content (AvgIpc) is 2.91. The lowest BCUT2D eigenvalue weighted by molar-refractivity contribution is 0.275. The van der Waals surface area contributed by atoms with Gasteiger partial charge >= 0.3 is 0 Å². The zero-order valence-corrected chi connectivity index (χ0v) is 11.7. The molecule has 3 aromatic rings. The van der Waals surface area contributed by atoms with Gasteiger partial charge in [0.25, 0.3) is 0 Å². The summed E-state index contributed by atoms with van der Waals surface area (Å²) < 4.78 is 1.87. The Morgan fingerprint density at radius 2 is 1.48 bits per heavy atom. The Morgan fingerprint density at radius 1 is 0.857 bits per heavy atom. The highest BCUT2D eigenvalue weighted by atomic mass is 16.3. The molecule has 0 saturated heterocycles. The molecule has 1 heterocycles. The smallest absolute Gasteiger partial charge is 0.112 e. The van der Waals surface area contributed by atoms with Gasteiger partial charge in [0.15, 0.2) is 0 Å². The lowest BCUT2D eigenvalue weighted by atomic mass is 10.1. The second-order valence-corrected chi connectivity index (χ2v) is 4.95. The molecule has 1 N–H and O–H groups in total. The highest BCUT2D eigenvalue weighted by Gasteiger charge is 2.13. The Hall–Kier alpha value is -2.46. The van der Waals surface area contributed by atoms with E-state index in [1.165, 1.54) is 11.1 Å². The van der Waals surface area contributed by atoms with Crippen LogP contribution in [0, 0.1) is 0 Å². The van der Waals surface area contributed by atoms with Crippen LogP contribution >= 0.6 is 0 Å². The summed E-state index contributed by atoms with van der Waals surface area (Å²) in [5.41, 5.74) is 3.97. The molecule has 4 nitrogen and oxygen atoms in total. The molecular formula is C17H17N3O. The van der Waals surface area contributed by atoms with Crippen LogP contribution < -0.4 is 0 Å². The Morgan fingerprint density at radius 3 is 2.10 bits per heavy atom. The third kappa shape index (κ3) is 3.17. The molecule has 0 amide bonds. The normalized spacial score (nSPS) is 10.7.